The number of hydrogen-bond acceptors (Lipinski definition) is 4. The fraction of sp³-hybridized carbons (Fsp3) is 0.688. The highest BCUT2D eigenvalue weighted by atomic mass is 15.1. The van der Waals surface area contributed by atoms with Gasteiger partial charge in [0.05, 0.1) is 23.8 Å². The first kappa shape index (κ1) is 15.1. The molecule has 112 valence electrons. The molecule has 0 radical (unpaired) electrons. The second-order valence-electron chi connectivity index (χ2n) is 6.05. The minimum Gasteiger partial charge on any atom is -0.384 e. The lowest BCUT2D eigenvalue weighted by atomic mass is 9.96. The monoisotopic (exact) mass is 276 g/mol. The molecule has 1 aromatic heterocycles. The number of aromatic nitrogens is 1. The Morgan fingerprint density at radius 3 is 2.70 bits per heavy atom. The highest BCUT2D eigenvalue weighted by Gasteiger charge is 2.20. The molecule has 0 aromatic carbocycles. The zero-order chi connectivity index (χ0) is 14.4. The van der Waals surface area contributed by atoms with Crippen LogP contribution < -0.4 is 10.2 Å². The molecule has 0 atom stereocenters. The lowest BCUT2D eigenvalue weighted by Gasteiger charge is -2.34. The van der Waals surface area contributed by atoms with Crippen LogP contribution in [0.5, 0.6) is 0 Å². The summed E-state index contributed by atoms with van der Waals surface area (Å²) in [5.41, 5.74) is 2.40. The summed E-state index contributed by atoms with van der Waals surface area (Å²) >= 11 is 0. The number of hydrogen-bond donors (Lipinski definition) is 1. The average molecular weight is 276 g/mol. The van der Waals surface area contributed by atoms with E-state index in [4.69, 9.17) is 0 Å². The fourth-order valence-corrected chi connectivity index (χ4v) is 2.86. The Hall–Kier alpha value is -1.29. The van der Waals surface area contributed by atoms with E-state index in [0.29, 0.717) is 0 Å². The molecule has 20 heavy (non-hydrogen) atoms. The van der Waals surface area contributed by atoms with E-state index in [1.807, 2.05) is 12.4 Å². The topological polar surface area (TPSA) is 31.4 Å². The molecule has 1 fully saturated rings. The summed E-state index contributed by atoms with van der Waals surface area (Å²) in [5.74, 6) is 0.843. The van der Waals surface area contributed by atoms with Gasteiger partial charge in [0.15, 0.2) is 0 Å². The molecule has 0 spiro atoms. The maximum atomic E-state index is 4.37. The molecule has 0 unspecified atom stereocenters. The summed E-state index contributed by atoms with van der Waals surface area (Å²) in [5, 5.41) is 3.41. The molecule has 1 aromatic rings. The van der Waals surface area contributed by atoms with Gasteiger partial charge in [-0.3, -0.25) is 4.98 Å². The molecule has 0 bridgehead atoms. The van der Waals surface area contributed by atoms with E-state index in [9.17, 15) is 0 Å². The van der Waals surface area contributed by atoms with Crippen molar-refractivity contribution in [1.82, 2.24) is 9.88 Å². The predicted molar refractivity (Wildman–Crippen MR) is 86.5 cm³/mol. The van der Waals surface area contributed by atoms with Crippen LogP contribution in [0.1, 0.15) is 26.2 Å². The van der Waals surface area contributed by atoms with Crippen LogP contribution in [0.4, 0.5) is 11.4 Å². The van der Waals surface area contributed by atoms with Crippen LogP contribution in [0.25, 0.3) is 0 Å². The Bertz CT molecular complexity index is 397. The van der Waals surface area contributed by atoms with E-state index in [1.165, 1.54) is 25.1 Å². The van der Waals surface area contributed by atoms with E-state index >= 15 is 0 Å². The van der Waals surface area contributed by atoms with Crippen molar-refractivity contribution in [2.45, 2.75) is 26.2 Å². The predicted octanol–water partition coefficient (Wildman–Crippen LogP) is 2.68. The third-order valence-corrected chi connectivity index (χ3v) is 3.91. The van der Waals surface area contributed by atoms with Crippen molar-refractivity contribution in [3.05, 3.63) is 18.5 Å². The molecular formula is C16H28N4. The molecule has 0 saturated carbocycles. The smallest absolute Gasteiger partial charge is 0.0573 e. The quantitative estimate of drug-likeness (QED) is 0.865. The Balaban J connectivity index is 1.89. The number of pyridine rings is 1. The maximum absolute atomic E-state index is 4.37. The largest absolute Gasteiger partial charge is 0.384 e. The van der Waals surface area contributed by atoms with Crippen LogP contribution in [0, 0.1) is 5.92 Å². The van der Waals surface area contributed by atoms with Gasteiger partial charge in [-0.25, -0.2) is 0 Å². The summed E-state index contributed by atoms with van der Waals surface area (Å²) in [6.45, 7) is 6.70. The number of piperidine rings is 1. The van der Waals surface area contributed by atoms with Gasteiger partial charge in [-0.2, -0.15) is 0 Å². The van der Waals surface area contributed by atoms with Gasteiger partial charge in [-0.05, 0) is 45.3 Å². The Labute approximate surface area is 123 Å². The molecule has 1 N–H and O–H groups in total. The van der Waals surface area contributed by atoms with Gasteiger partial charge in [0, 0.05) is 26.2 Å². The van der Waals surface area contributed by atoms with Crippen molar-refractivity contribution >= 4 is 11.4 Å². The van der Waals surface area contributed by atoms with Crippen molar-refractivity contribution in [2.75, 3.05) is 50.5 Å². The van der Waals surface area contributed by atoms with Gasteiger partial charge in [0.2, 0.25) is 0 Å². The highest BCUT2D eigenvalue weighted by molar-refractivity contribution is 5.55. The summed E-state index contributed by atoms with van der Waals surface area (Å²) in [6, 6.07) is 2.23. The van der Waals surface area contributed by atoms with E-state index in [1.54, 1.807) is 0 Å². The van der Waals surface area contributed by atoms with Gasteiger partial charge >= 0.3 is 0 Å². The standard InChI is InChI=1S/C16H28N4/c1-4-7-18-15-10-16(12-17-11-15)20-8-5-14(6-9-20)13-19(2)3/h10-12,14,18H,4-9,13H2,1-3H3. The zero-order valence-corrected chi connectivity index (χ0v) is 13.1. The fourth-order valence-electron chi connectivity index (χ4n) is 2.86. The molecular weight excluding hydrogens is 248 g/mol. The second kappa shape index (κ2) is 7.48. The molecule has 4 heteroatoms. The van der Waals surface area contributed by atoms with Crippen LogP contribution in [0.15, 0.2) is 18.5 Å². The SMILES string of the molecule is CCCNc1cncc(N2CCC(CN(C)C)CC2)c1. The van der Waals surface area contributed by atoms with Crippen molar-refractivity contribution in [1.29, 1.82) is 0 Å². The van der Waals surface area contributed by atoms with E-state index < -0.39 is 0 Å². The van der Waals surface area contributed by atoms with Crippen molar-refractivity contribution in [2.24, 2.45) is 5.92 Å². The third-order valence-electron chi connectivity index (χ3n) is 3.91. The third kappa shape index (κ3) is 4.37. The number of rotatable bonds is 6. The van der Waals surface area contributed by atoms with E-state index in [2.05, 4.69) is 47.2 Å². The molecule has 2 rings (SSSR count). The summed E-state index contributed by atoms with van der Waals surface area (Å²) in [6.07, 6.45) is 7.61. The van der Waals surface area contributed by atoms with Crippen LogP contribution >= 0.6 is 0 Å². The number of nitrogens with one attached hydrogen (secondary N) is 1. The summed E-state index contributed by atoms with van der Waals surface area (Å²) < 4.78 is 0. The first-order chi connectivity index (χ1) is 9.69. The van der Waals surface area contributed by atoms with Crippen LogP contribution in [-0.2, 0) is 0 Å². The molecule has 4 nitrogen and oxygen atoms in total. The van der Waals surface area contributed by atoms with Gasteiger partial charge in [0.25, 0.3) is 0 Å². The zero-order valence-electron chi connectivity index (χ0n) is 13.1. The highest BCUT2D eigenvalue weighted by Crippen LogP contribution is 2.24. The molecule has 2 heterocycles. The van der Waals surface area contributed by atoms with Crippen molar-refractivity contribution in [3.8, 4) is 0 Å². The van der Waals surface area contributed by atoms with Gasteiger partial charge in [0.1, 0.15) is 0 Å². The van der Waals surface area contributed by atoms with E-state index in [-0.39, 0.29) is 0 Å². The van der Waals surface area contributed by atoms with E-state index in [0.717, 1.165) is 37.7 Å². The normalized spacial score (nSPS) is 16.7. The number of nitrogens with zero attached hydrogens (tertiary/aromatic N) is 3. The molecule has 1 aliphatic rings. The summed E-state index contributed by atoms with van der Waals surface area (Å²) in [4.78, 5) is 9.14. The van der Waals surface area contributed by atoms with Crippen LogP contribution in [0.2, 0.25) is 0 Å². The molecule has 1 saturated heterocycles. The second-order valence-corrected chi connectivity index (χ2v) is 6.05. The molecule has 1 aliphatic heterocycles. The van der Waals surface area contributed by atoms with Gasteiger partial charge in [-0.1, -0.05) is 6.92 Å². The first-order valence-corrected chi connectivity index (χ1v) is 7.77. The lowest BCUT2D eigenvalue weighted by molar-refractivity contribution is 0.285. The minimum atomic E-state index is 0.843. The molecule has 0 amide bonds. The Morgan fingerprint density at radius 1 is 1.30 bits per heavy atom. The number of anilines is 2. The first-order valence-electron chi connectivity index (χ1n) is 7.77. The van der Waals surface area contributed by atoms with Crippen LogP contribution in [-0.4, -0.2) is 50.2 Å². The molecule has 0 aliphatic carbocycles. The maximum Gasteiger partial charge on any atom is 0.0573 e. The van der Waals surface area contributed by atoms with Crippen LogP contribution in [0.3, 0.4) is 0 Å². The van der Waals surface area contributed by atoms with Crippen molar-refractivity contribution < 1.29 is 0 Å². The minimum absolute atomic E-state index is 0.843. The van der Waals surface area contributed by atoms with Crippen molar-refractivity contribution in [3.63, 3.8) is 0 Å². The Kier molecular flexibility index (Phi) is 5.65. The average Bonchev–Trinajstić information content (AvgIpc) is 2.45. The Morgan fingerprint density at radius 2 is 2.05 bits per heavy atom. The lowest BCUT2D eigenvalue weighted by Crippen LogP contribution is -2.37. The summed E-state index contributed by atoms with van der Waals surface area (Å²) in [7, 11) is 4.33. The van der Waals surface area contributed by atoms with Gasteiger partial charge < -0.3 is 15.1 Å². The van der Waals surface area contributed by atoms with Gasteiger partial charge in [-0.15, -0.1) is 0 Å².